The summed E-state index contributed by atoms with van der Waals surface area (Å²) in [6.45, 7) is 2.92. The molecule has 0 aliphatic heterocycles. The van der Waals surface area contributed by atoms with Crippen LogP contribution in [-0.4, -0.2) is 18.3 Å². The highest BCUT2D eigenvalue weighted by Crippen LogP contribution is 2.33. The molecule has 31 heavy (non-hydrogen) atoms. The molecule has 0 aromatic heterocycles. The number of hydrogen-bond donors (Lipinski definition) is 2. The van der Waals surface area contributed by atoms with Crippen LogP contribution in [0.25, 0.3) is 10.8 Å². The van der Waals surface area contributed by atoms with Crippen LogP contribution in [0.4, 0.5) is 13.2 Å². The second-order valence-corrected chi connectivity index (χ2v) is 8.07. The van der Waals surface area contributed by atoms with Gasteiger partial charge in [-0.2, -0.15) is 13.2 Å². The summed E-state index contributed by atoms with van der Waals surface area (Å²) in [4.78, 5) is 0. The van der Waals surface area contributed by atoms with E-state index in [1.807, 2.05) is 12.1 Å². The molecule has 0 amide bonds. The van der Waals surface area contributed by atoms with Crippen molar-refractivity contribution in [3.05, 3.63) is 83.4 Å². The van der Waals surface area contributed by atoms with Crippen LogP contribution in [0, 0.1) is 0 Å². The highest BCUT2D eigenvalue weighted by atomic mass is 19.4. The Labute approximate surface area is 182 Å². The maximum Gasteiger partial charge on any atom is 0.416 e. The summed E-state index contributed by atoms with van der Waals surface area (Å²) >= 11 is 0. The Morgan fingerprint density at radius 1 is 0.903 bits per heavy atom. The average Bonchev–Trinajstić information content (AvgIpc) is 2.77. The first-order valence-corrected chi connectivity index (χ1v) is 10.9. The highest BCUT2D eigenvalue weighted by Gasteiger charge is 2.31. The summed E-state index contributed by atoms with van der Waals surface area (Å²) < 4.78 is 39.5. The van der Waals surface area contributed by atoms with Crippen molar-refractivity contribution in [3.8, 4) is 0 Å². The molecule has 2 unspecified atom stereocenters. The largest absolute Gasteiger partial charge is 0.416 e. The average molecular weight is 430 g/mol. The minimum absolute atomic E-state index is 0.0149. The molecule has 0 radical (unpaired) electrons. The number of rotatable bonds is 10. The third-order valence-corrected chi connectivity index (χ3v) is 5.88. The monoisotopic (exact) mass is 429 g/mol. The molecular formula is C26H30F3NO. The molecule has 2 nitrogen and oxygen atoms in total. The van der Waals surface area contributed by atoms with E-state index in [4.69, 9.17) is 5.11 Å². The van der Waals surface area contributed by atoms with Gasteiger partial charge in [-0.15, -0.1) is 0 Å². The van der Waals surface area contributed by atoms with E-state index in [0.717, 1.165) is 25.3 Å². The van der Waals surface area contributed by atoms with Gasteiger partial charge in [0, 0.05) is 12.6 Å². The Balaban J connectivity index is 1.69. The van der Waals surface area contributed by atoms with Gasteiger partial charge in [0.15, 0.2) is 0 Å². The zero-order valence-corrected chi connectivity index (χ0v) is 17.8. The maximum atomic E-state index is 13.2. The normalized spacial score (nSPS) is 14.0. The zero-order chi connectivity index (χ0) is 22.3. The molecular weight excluding hydrogens is 399 g/mol. The van der Waals surface area contributed by atoms with Gasteiger partial charge in [0.1, 0.15) is 0 Å². The maximum absolute atomic E-state index is 13.2. The topological polar surface area (TPSA) is 32.3 Å². The van der Waals surface area contributed by atoms with Crippen LogP contribution >= 0.6 is 0 Å². The molecule has 166 valence electrons. The van der Waals surface area contributed by atoms with E-state index >= 15 is 0 Å². The second-order valence-electron chi connectivity index (χ2n) is 8.07. The molecule has 3 aromatic carbocycles. The van der Waals surface area contributed by atoms with Crippen molar-refractivity contribution in [2.45, 2.75) is 50.7 Å². The minimum Gasteiger partial charge on any atom is -0.396 e. The highest BCUT2D eigenvalue weighted by molar-refractivity contribution is 5.86. The van der Waals surface area contributed by atoms with Crippen LogP contribution in [0.2, 0.25) is 0 Å². The lowest BCUT2D eigenvalue weighted by Crippen LogP contribution is -2.22. The number of benzene rings is 3. The fraction of sp³-hybridized carbons (Fsp3) is 0.385. The van der Waals surface area contributed by atoms with Crippen molar-refractivity contribution in [1.82, 2.24) is 5.32 Å². The van der Waals surface area contributed by atoms with Gasteiger partial charge < -0.3 is 10.4 Å². The summed E-state index contributed by atoms with van der Waals surface area (Å²) in [5.74, 6) is 0.0149. The van der Waals surface area contributed by atoms with Gasteiger partial charge in [0.05, 0.1) is 5.56 Å². The first-order valence-electron chi connectivity index (χ1n) is 10.9. The van der Waals surface area contributed by atoms with Gasteiger partial charge in [0.25, 0.3) is 0 Å². The van der Waals surface area contributed by atoms with E-state index in [2.05, 4.69) is 42.6 Å². The lowest BCUT2D eigenvalue weighted by Gasteiger charge is -2.21. The molecule has 5 heteroatoms. The summed E-state index contributed by atoms with van der Waals surface area (Å²) in [5.41, 5.74) is 1.33. The Bertz CT molecular complexity index is 965. The van der Waals surface area contributed by atoms with Crippen LogP contribution in [0.15, 0.2) is 66.7 Å². The summed E-state index contributed by atoms with van der Waals surface area (Å²) in [6, 6.07) is 20.3. The predicted molar refractivity (Wildman–Crippen MR) is 120 cm³/mol. The van der Waals surface area contributed by atoms with E-state index in [-0.39, 0.29) is 18.6 Å². The van der Waals surface area contributed by atoms with E-state index in [1.54, 1.807) is 6.07 Å². The quantitative estimate of drug-likeness (QED) is 0.346. The molecule has 3 aromatic rings. The molecule has 0 fully saturated rings. The molecule has 0 bridgehead atoms. The number of alkyl halides is 3. The van der Waals surface area contributed by atoms with Crippen molar-refractivity contribution < 1.29 is 18.3 Å². The fourth-order valence-electron chi connectivity index (χ4n) is 4.16. The smallest absolute Gasteiger partial charge is 0.396 e. The van der Waals surface area contributed by atoms with Gasteiger partial charge in [-0.25, -0.2) is 0 Å². The molecule has 0 heterocycles. The van der Waals surface area contributed by atoms with Crippen molar-refractivity contribution in [2.24, 2.45) is 0 Å². The Hall–Kier alpha value is -2.37. The standard InChI is InChI=1S/C26H30F3NO/c1-19(24-14-7-10-21-9-2-3-13-25(21)24)30-16-15-20(8-4-5-17-31)22-11-6-12-23(18-22)26(27,28)29/h2-3,6-7,9-14,18-20,30-31H,4-5,8,15-17H2,1H3. The minimum atomic E-state index is -4.34. The fourth-order valence-corrected chi connectivity index (χ4v) is 4.16. The first kappa shape index (κ1) is 23.3. The van der Waals surface area contributed by atoms with Gasteiger partial charge in [-0.3, -0.25) is 0 Å². The number of fused-ring (bicyclic) bond motifs is 1. The molecule has 3 rings (SSSR count). The molecule has 2 atom stereocenters. The van der Waals surface area contributed by atoms with Gasteiger partial charge in [-0.1, -0.05) is 67.1 Å². The summed E-state index contributed by atoms with van der Waals surface area (Å²) in [5, 5.41) is 15.1. The van der Waals surface area contributed by atoms with Gasteiger partial charge in [-0.05, 0) is 66.6 Å². The number of aliphatic hydroxyl groups excluding tert-OH is 1. The van der Waals surface area contributed by atoms with Crippen molar-refractivity contribution in [1.29, 1.82) is 0 Å². The Morgan fingerprint density at radius 2 is 1.65 bits per heavy atom. The van der Waals surface area contributed by atoms with E-state index in [1.165, 1.54) is 28.5 Å². The molecule has 0 spiro atoms. The van der Waals surface area contributed by atoms with E-state index < -0.39 is 11.7 Å². The predicted octanol–water partition coefficient (Wildman–Crippen LogP) is 6.85. The Kier molecular flexibility index (Phi) is 8.10. The number of nitrogens with one attached hydrogen (secondary N) is 1. The molecule has 0 saturated carbocycles. The molecule has 2 N–H and O–H groups in total. The molecule has 0 saturated heterocycles. The number of aliphatic hydroxyl groups is 1. The number of hydrogen-bond acceptors (Lipinski definition) is 2. The van der Waals surface area contributed by atoms with Crippen molar-refractivity contribution >= 4 is 10.8 Å². The van der Waals surface area contributed by atoms with Gasteiger partial charge >= 0.3 is 6.18 Å². The van der Waals surface area contributed by atoms with Crippen LogP contribution in [0.3, 0.4) is 0 Å². The van der Waals surface area contributed by atoms with Crippen LogP contribution in [-0.2, 0) is 6.18 Å². The van der Waals surface area contributed by atoms with E-state index in [9.17, 15) is 13.2 Å². The third kappa shape index (κ3) is 6.31. The summed E-state index contributed by atoms with van der Waals surface area (Å²) in [7, 11) is 0. The van der Waals surface area contributed by atoms with Crippen LogP contribution < -0.4 is 5.32 Å². The first-order chi connectivity index (χ1) is 14.9. The lowest BCUT2D eigenvalue weighted by molar-refractivity contribution is -0.137. The SMILES string of the molecule is CC(NCCC(CCCCO)c1cccc(C(F)(F)F)c1)c1cccc2ccccc12. The van der Waals surface area contributed by atoms with Gasteiger partial charge in [0.2, 0.25) is 0 Å². The van der Waals surface area contributed by atoms with E-state index in [0.29, 0.717) is 18.5 Å². The summed E-state index contributed by atoms with van der Waals surface area (Å²) in [6.07, 6.45) is -1.40. The number of unbranched alkanes of at least 4 members (excludes halogenated alkanes) is 1. The lowest BCUT2D eigenvalue weighted by atomic mass is 9.89. The molecule has 0 aliphatic carbocycles. The van der Waals surface area contributed by atoms with Crippen molar-refractivity contribution in [3.63, 3.8) is 0 Å². The second kappa shape index (κ2) is 10.8. The number of halogens is 3. The third-order valence-electron chi connectivity index (χ3n) is 5.88. The zero-order valence-electron chi connectivity index (χ0n) is 17.8. The Morgan fingerprint density at radius 3 is 2.42 bits per heavy atom. The van der Waals surface area contributed by atoms with Crippen molar-refractivity contribution in [2.75, 3.05) is 13.2 Å². The van der Waals surface area contributed by atoms with Crippen LogP contribution in [0.5, 0.6) is 0 Å². The molecule has 0 aliphatic rings. The van der Waals surface area contributed by atoms with Crippen LogP contribution in [0.1, 0.15) is 61.3 Å².